The fourth-order valence-corrected chi connectivity index (χ4v) is 2.16. The van der Waals surface area contributed by atoms with Gasteiger partial charge in [0.1, 0.15) is 0 Å². The first-order valence-corrected chi connectivity index (χ1v) is 5.92. The van der Waals surface area contributed by atoms with Crippen LogP contribution in [0.5, 0.6) is 0 Å². The molecule has 0 saturated carbocycles. The molecule has 2 aromatic carbocycles. The molecule has 0 unspecified atom stereocenters. The van der Waals surface area contributed by atoms with E-state index in [-0.39, 0.29) is 4.90 Å². The standard InChI is InChI=1S/C11H10NO2S/c1-12-15(13,14)11-7-6-9-4-2-3-5-10(9)8-11/h2-8H,1H3. The van der Waals surface area contributed by atoms with Gasteiger partial charge in [-0.15, -0.1) is 4.72 Å². The van der Waals surface area contributed by atoms with Crippen LogP contribution < -0.4 is 4.72 Å². The van der Waals surface area contributed by atoms with Crippen LogP contribution in [0, 0.1) is 0 Å². The maximum Gasteiger partial charge on any atom is 0.256 e. The van der Waals surface area contributed by atoms with Crippen LogP contribution in [0.3, 0.4) is 0 Å². The van der Waals surface area contributed by atoms with Gasteiger partial charge in [-0.2, -0.15) is 0 Å². The van der Waals surface area contributed by atoms with Gasteiger partial charge in [0.05, 0.1) is 4.90 Å². The van der Waals surface area contributed by atoms with Crippen molar-refractivity contribution in [1.29, 1.82) is 0 Å². The molecule has 0 aliphatic rings. The third-order valence-electron chi connectivity index (χ3n) is 2.26. The van der Waals surface area contributed by atoms with E-state index in [9.17, 15) is 8.42 Å². The minimum Gasteiger partial charge on any atom is -0.206 e. The lowest BCUT2D eigenvalue weighted by Crippen LogP contribution is -2.11. The number of rotatable bonds is 2. The highest BCUT2D eigenvalue weighted by Gasteiger charge is 2.12. The smallest absolute Gasteiger partial charge is 0.206 e. The van der Waals surface area contributed by atoms with Crippen LogP contribution >= 0.6 is 0 Å². The van der Waals surface area contributed by atoms with E-state index in [0.29, 0.717) is 0 Å². The Balaban J connectivity index is 2.67. The van der Waals surface area contributed by atoms with Crippen LogP contribution in [0.15, 0.2) is 47.4 Å². The molecule has 0 fully saturated rings. The third-order valence-corrected chi connectivity index (χ3v) is 3.59. The molecule has 4 heteroatoms. The average Bonchev–Trinajstić information content (AvgIpc) is 2.28. The molecule has 1 radical (unpaired) electrons. The van der Waals surface area contributed by atoms with Gasteiger partial charge in [-0.05, 0) is 22.9 Å². The van der Waals surface area contributed by atoms with Crippen LogP contribution in [0.1, 0.15) is 0 Å². The van der Waals surface area contributed by atoms with Crippen LogP contribution in [0.25, 0.3) is 10.8 Å². The summed E-state index contributed by atoms with van der Waals surface area (Å²) < 4.78 is 26.3. The minimum atomic E-state index is -3.46. The first-order valence-electron chi connectivity index (χ1n) is 4.48. The van der Waals surface area contributed by atoms with Gasteiger partial charge < -0.3 is 0 Å². The van der Waals surface area contributed by atoms with E-state index in [1.807, 2.05) is 24.3 Å². The molecule has 0 saturated heterocycles. The Morgan fingerprint density at radius 3 is 2.33 bits per heavy atom. The van der Waals surface area contributed by atoms with Gasteiger partial charge in [0.25, 0.3) is 10.0 Å². The molecule has 0 N–H and O–H groups in total. The highest BCUT2D eigenvalue weighted by Crippen LogP contribution is 2.18. The molecule has 0 aromatic heterocycles. The van der Waals surface area contributed by atoms with Crippen molar-refractivity contribution >= 4 is 20.8 Å². The monoisotopic (exact) mass is 220 g/mol. The average molecular weight is 220 g/mol. The molecular formula is C11H10NO2S. The lowest BCUT2D eigenvalue weighted by Gasteiger charge is -2.02. The highest BCUT2D eigenvalue weighted by atomic mass is 32.2. The number of nitrogens with zero attached hydrogens (tertiary/aromatic N) is 1. The summed E-state index contributed by atoms with van der Waals surface area (Å²) in [5.74, 6) is 0. The van der Waals surface area contributed by atoms with E-state index >= 15 is 0 Å². The molecule has 15 heavy (non-hydrogen) atoms. The molecule has 2 rings (SSSR count). The molecule has 0 heterocycles. The Labute approximate surface area is 88.8 Å². The lowest BCUT2D eigenvalue weighted by atomic mass is 10.1. The predicted molar refractivity (Wildman–Crippen MR) is 59.2 cm³/mol. The minimum absolute atomic E-state index is 0.240. The van der Waals surface area contributed by atoms with Crippen molar-refractivity contribution in [1.82, 2.24) is 4.72 Å². The van der Waals surface area contributed by atoms with E-state index in [1.165, 1.54) is 7.05 Å². The molecule has 0 atom stereocenters. The van der Waals surface area contributed by atoms with Crippen LogP contribution in [-0.2, 0) is 10.0 Å². The molecular weight excluding hydrogens is 210 g/mol. The van der Waals surface area contributed by atoms with E-state index in [1.54, 1.807) is 18.2 Å². The van der Waals surface area contributed by atoms with Crippen LogP contribution in [0.4, 0.5) is 0 Å². The van der Waals surface area contributed by atoms with Crippen molar-refractivity contribution < 1.29 is 8.42 Å². The van der Waals surface area contributed by atoms with Gasteiger partial charge in [-0.3, -0.25) is 0 Å². The van der Waals surface area contributed by atoms with Gasteiger partial charge in [0, 0.05) is 7.05 Å². The molecule has 0 aliphatic carbocycles. The second-order valence-electron chi connectivity index (χ2n) is 3.17. The number of hydrogen-bond donors (Lipinski definition) is 0. The fourth-order valence-electron chi connectivity index (χ4n) is 1.43. The van der Waals surface area contributed by atoms with Crippen molar-refractivity contribution in [2.24, 2.45) is 0 Å². The largest absolute Gasteiger partial charge is 0.256 e. The van der Waals surface area contributed by atoms with E-state index in [2.05, 4.69) is 4.72 Å². The normalized spacial score (nSPS) is 11.8. The van der Waals surface area contributed by atoms with Crippen molar-refractivity contribution in [3.8, 4) is 0 Å². The third kappa shape index (κ3) is 1.86. The first-order chi connectivity index (χ1) is 7.13. The zero-order valence-electron chi connectivity index (χ0n) is 8.21. The van der Waals surface area contributed by atoms with Crippen molar-refractivity contribution in [3.63, 3.8) is 0 Å². The summed E-state index contributed by atoms with van der Waals surface area (Å²) in [6.45, 7) is 0. The van der Waals surface area contributed by atoms with Crippen molar-refractivity contribution in [3.05, 3.63) is 42.5 Å². The number of fused-ring (bicyclic) bond motifs is 1. The Morgan fingerprint density at radius 2 is 1.67 bits per heavy atom. The zero-order chi connectivity index (χ0) is 10.9. The topological polar surface area (TPSA) is 48.2 Å². The Morgan fingerprint density at radius 1 is 1.00 bits per heavy atom. The summed E-state index contributed by atoms with van der Waals surface area (Å²) in [4.78, 5) is 0.240. The Hall–Kier alpha value is -1.39. The molecule has 3 nitrogen and oxygen atoms in total. The lowest BCUT2D eigenvalue weighted by molar-refractivity contribution is 0.587. The summed E-state index contributed by atoms with van der Waals surface area (Å²) in [5.41, 5.74) is 0. The van der Waals surface area contributed by atoms with Gasteiger partial charge >= 0.3 is 0 Å². The molecule has 2 aromatic rings. The summed E-state index contributed by atoms with van der Waals surface area (Å²) >= 11 is 0. The van der Waals surface area contributed by atoms with Gasteiger partial charge in [0.15, 0.2) is 0 Å². The molecule has 0 spiro atoms. The number of sulfonamides is 1. The summed E-state index contributed by atoms with van der Waals surface area (Å²) in [6.07, 6.45) is 0. The summed E-state index contributed by atoms with van der Waals surface area (Å²) in [6, 6.07) is 12.6. The highest BCUT2D eigenvalue weighted by molar-refractivity contribution is 7.89. The quantitative estimate of drug-likeness (QED) is 0.774. The molecule has 77 valence electrons. The van der Waals surface area contributed by atoms with Crippen LogP contribution in [0.2, 0.25) is 0 Å². The molecule has 0 amide bonds. The number of hydrogen-bond acceptors (Lipinski definition) is 2. The van der Waals surface area contributed by atoms with E-state index < -0.39 is 10.0 Å². The SMILES string of the molecule is C[N]S(=O)(=O)c1ccc2ccccc2c1. The van der Waals surface area contributed by atoms with Gasteiger partial charge in [-0.25, -0.2) is 8.42 Å². The fraction of sp³-hybridized carbons (Fsp3) is 0.0909. The van der Waals surface area contributed by atoms with Crippen molar-refractivity contribution in [2.45, 2.75) is 4.90 Å². The second kappa shape index (κ2) is 3.64. The van der Waals surface area contributed by atoms with E-state index in [4.69, 9.17) is 0 Å². The maximum absolute atomic E-state index is 11.5. The summed E-state index contributed by atoms with van der Waals surface area (Å²) in [5, 5.41) is 1.93. The Bertz CT molecular complexity index is 590. The van der Waals surface area contributed by atoms with Gasteiger partial charge in [0.2, 0.25) is 0 Å². The van der Waals surface area contributed by atoms with Gasteiger partial charge in [-0.1, -0.05) is 30.3 Å². The Kier molecular flexibility index (Phi) is 2.46. The summed E-state index contributed by atoms with van der Waals surface area (Å²) in [7, 11) is -2.18. The second-order valence-corrected chi connectivity index (χ2v) is 4.95. The maximum atomic E-state index is 11.5. The molecule has 0 aliphatic heterocycles. The first kappa shape index (κ1) is 10.1. The zero-order valence-corrected chi connectivity index (χ0v) is 9.03. The molecule has 0 bridgehead atoms. The van der Waals surface area contributed by atoms with E-state index in [0.717, 1.165) is 10.8 Å². The van der Waals surface area contributed by atoms with Crippen molar-refractivity contribution in [2.75, 3.05) is 7.05 Å². The number of benzene rings is 2. The predicted octanol–water partition coefficient (Wildman–Crippen LogP) is 1.76. The van der Waals surface area contributed by atoms with Crippen LogP contribution in [-0.4, -0.2) is 15.5 Å².